The Morgan fingerprint density at radius 3 is 2.50 bits per heavy atom. The van der Waals surface area contributed by atoms with Crippen LogP contribution in [0.1, 0.15) is 0 Å². The van der Waals surface area contributed by atoms with Gasteiger partial charge in [0.1, 0.15) is 12.7 Å². The minimum Gasteiger partial charge on any atom is -0.426 e. The Balaban J connectivity index is 2.19. The molecule has 0 bridgehead atoms. The molecule has 7 nitrogen and oxygen atoms in total. The quantitative estimate of drug-likeness (QED) is 0.259. The Bertz CT molecular complexity index is 284. The number of nitrogens with one attached hydrogen (secondary N) is 2. The summed E-state index contributed by atoms with van der Waals surface area (Å²) in [6.07, 6.45) is -9.31. The molecule has 18 heavy (non-hydrogen) atoms. The number of carbonyl (C=O) groups is 1. The molecule has 106 valence electrons. The van der Waals surface area contributed by atoms with Gasteiger partial charge in [0.2, 0.25) is 6.29 Å². The lowest BCUT2D eigenvalue weighted by Gasteiger charge is -2.28. The second-order valence-corrected chi connectivity index (χ2v) is 3.65. The van der Waals surface area contributed by atoms with Gasteiger partial charge in [0, 0.05) is 13.1 Å². The van der Waals surface area contributed by atoms with Crippen molar-refractivity contribution in [1.29, 1.82) is 0 Å². The predicted octanol–water partition coefficient (Wildman–Crippen LogP) is -1.74. The number of hydroxylamine groups is 1. The van der Waals surface area contributed by atoms with Gasteiger partial charge in [-0.1, -0.05) is 0 Å². The molecule has 1 unspecified atom stereocenters. The van der Waals surface area contributed by atoms with E-state index in [-0.39, 0.29) is 6.04 Å². The minimum atomic E-state index is -5.22. The van der Waals surface area contributed by atoms with Gasteiger partial charge < -0.3 is 20.3 Å². The highest BCUT2D eigenvalue weighted by Gasteiger charge is 2.43. The van der Waals surface area contributed by atoms with Gasteiger partial charge in [0.15, 0.2) is 0 Å². The molecule has 1 aliphatic heterocycles. The second-order valence-electron chi connectivity index (χ2n) is 3.65. The third-order valence-electron chi connectivity index (χ3n) is 2.07. The summed E-state index contributed by atoms with van der Waals surface area (Å²) < 4.78 is 38.9. The maximum absolute atomic E-state index is 11.8. The van der Waals surface area contributed by atoms with E-state index in [1.165, 1.54) is 0 Å². The van der Waals surface area contributed by atoms with E-state index in [1.807, 2.05) is 0 Å². The Labute approximate surface area is 99.8 Å². The maximum atomic E-state index is 11.8. The van der Waals surface area contributed by atoms with Crippen LogP contribution < -0.4 is 10.8 Å². The maximum Gasteiger partial charge on any atom is 0.491 e. The third kappa shape index (κ3) is 4.74. The molecule has 1 rings (SSSR count). The Morgan fingerprint density at radius 2 is 2.06 bits per heavy atom. The largest absolute Gasteiger partial charge is 0.491 e. The summed E-state index contributed by atoms with van der Waals surface area (Å²) in [6, 6.07) is 0.0343. The van der Waals surface area contributed by atoms with Crippen molar-refractivity contribution in [2.24, 2.45) is 0 Å². The molecule has 0 aromatic heterocycles. The van der Waals surface area contributed by atoms with Crippen molar-refractivity contribution in [1.82, 2.24) is 10.8 Å². The van der Waals surface area contributed by atoms with Crippen LogP contribution in [-0.2, 0) is 14.4 Å². The first-order chi connectivity index (χ1) is 8.30. The molecule has 1 heterocycles. The lowest BCUT2D eigenvalue weighted by atomic mass is 10.2. The summed E-state index contributed by atoms with van der Waals surface area (Å²) in [7, 11) is 0. The average molecular weight is 274 g/mol. The third-order valence-corrected chi connectivity index (χ3v) is 2.07. The van der Waals surface area contributed by atoms with Crippen molar-refractivity contribution in [3.05, 3.63) is 0 Å². The van der Waals surface area contributed by atoms with E-state index in [2.05, 4.69) is 15.5 Å². The van der Waals surface area contributed by atoms with Crippen molar-refractivity contribution >= 4 is 5.97 Å². The van der Waals surface area contributed by atoms with Crippen LogP contribution in [0.25, 0.3) is 0 Å². The highest BCUT2D eigenvalue weighted by molar-refractivity contribution is 5.75. The molecule has 0 aromatic rings. The van der Waals surface area contributed by atoms with E-state index in [9.17, 15) is 18.0 Å². The number of hydrogen-bond donors (Lipinski definition) is 4. The van der Waals surface area contributed by atoms with E-state index in [1.54, 1.807) is 0 Å². The number of aliphatic hydroxyl groups is 2. The summed E-state index contributed by atoms with van der Waals surface area (Å²) in [5, 5.41) is 21.1. The zero-order valence-corrected chi connectivity index (χ0v) is 9.11. The molecular formula is C8H13F3N2O5. The van der Waals surface area contributed by atoms with Gasteiger partial charge >= 0.3 is 12.1 Å². The first-order valence-corrected chi connectivity index (χ1v) is 5.02. The Morgan fingerprint density at radius 1 is 1.44 bits per heavy atom. The van der Waals surface area contributed by atoms with Crippen LogP contribution in [0.15, 0.2) is 0 Å². The van der Waals surface area contributed by atoms with Crippen molar-refractivity contribution < 1.29 is 37.8 Å². The van der Waals surface area contributed by atoms with E-state index in [0.717, 1.165) is 0 Å². The smallest absolute Gasteiger partial charge is 0.426 e. The van der Waals surface area contributed by atoms with E-state index in [4.69, 9.17) is 15.1 Å². The number of alkyl halides is 3. The van der Waals surface area contributed by atoms with Crippen molar-refractivity contribution in [2.45, 2.75) is 24.6 Å². The Kier molecular flexibility index (Phi) is 5.28. The molecular weight excluding hydrogens is 261 g/mol. The Hall–Kier alpha value is -0.940. The van der Waals surface area contributed by atoms with Gasteiger partial charge in [0.05, 0.1) is 6.04 Å². The van der Waals surface area contributed by atoms with Crippen molar-refractivity contribution in [2.75, 3.05) is 19.7 Å². The fourth-order valence-electron chi connectivity index (χ4n) is 0.961. The van der Waals surface area contributed by atoms with Gasteiger partial charge in [-0.15, -0.1) is 0 Å². The first-order valence-electron chi connectivity index (χ1n) is 5.02. The molecule has 2 atom stereocenters. The first kappa shape index (κ1) is 15.1. The number of esters is 1. The summed E-state index contributed by atoms with van der Waals surface area (Å²) in [4.78, 5) is 15.0. The summed E-state index contributed by atoms with van der Waals surface area (Å²) in [5.74, 6) is -2.58. The van der Waals surface area contributed by atoms with Crippen LogP contribution >= 0.6 is 0 Å². The number of rotatable bonds is 6. The molecule has 4 N–H and O–H groups in total. The standard InChI is InChI=1S/C8H13F3N2O5/c9-8(10,11)7(16)18-6(15)5(14)3-17-13-4-1-12-2-4/h4-6,12-15H,1-3H2/t5-,6?/m0/s1. The molecule has 1 saturated heterocycles. The van der Waals surface area contributed by atoms with Crippen LogP contribution in [0, 0.1) is 0 Å². The molecule has 0 spiro atoms. The fourth-order valence-corrected chi connectivity index (χ4v) is 0.961. The zero-order chi connectivity index (χ0) is 13.8. The topological polar surface area (TPSA) is 100 Å². The highest BCUT2D eigenvalue weighted by atomic mass is 19.4. The van der Waals surface area contributed by atoms with Crippen LogP contribution in [0.2, 0.25) is 0 Å². The van der Waals surface area contributed by atoms with Gasteiger partial charge in [-0.2, -0.15) is 18.7 Å². The molecule has 0 saturated carbocycles. The molecule has 0 radical (unpaired) electrons. The van der Waals surface area contributed by atoms with Gasteiger partial charge in [-0.25, -0.2) is 4.79 Å². The monoisotopic (exact) mass is 274 g/mol. The van der Waals surface area contributed by atoms with Crippen LogP contribution in [0.4, 0.5) is 13.2 Å². The SMILES string of the molecule is O=C(OC(O)[C@@H](O)CONC1CNC1)C(F)(F)F. The lowest BCUT2D eigenvalue weighted by molar-refractivity contribution is -0.235. The van der Waals surface area contributed by atoms with Crippen molar-refractivity contribution in [3.63, 3.8) is 0 Å². The number of aliphatic hydroxyl groups excluding tert-OH is 2. The summed E-state index contributed by atoms with van der Waals surface area (Å²) in [5.41, 5.74) is 2.49. The molecule has 1 fully saturated rings. The van der Waals surface area contributed by atoms with Gasteiger partial charge in [0.25, 0.3) is 0 Å². The van der Waals surface area contributed by atoms with Crippen LogP contribution in [0.5, 0.6) is 0 Å². The van der Waals surface area contributed by atoms with E-state index >= 15 is 0 Å². The van der Waals surface area contributed by atoms with Gasteiger partial charge in [-0.3, -0.25) is 4.84 Å². The molecule has 0 aromatic carbocycles. The molecule has 1 aliphatic rings. The molecule has 10 heteroatoms. The molecule has 0 aliphatic carbocycles. The van der Waals surface area contributed by atoms with Crippen LogP contribution in [0.3, 0.4) is 0 Å². The predicted molar refractivity (Wildman–Crippen MR) is 49.9 cm³/mol. The normalized spacial score (nSPS) is 20.1. The summed E-state index contributed by atoms with van der Waals surface area (Å²) >= 11 is 0. The van der Waals surface area contributed by atoms with Crippen LogP contribution in [-0.4, -0.2) is 60.5 Å². The van der Waals surface area contributed by atoms with E-state index in [0.29, 0.717) is 13.1 Å². The number of halogens is 3. The molecule has 0 amide bonds. The average Bonchev–Trinajstić information content (AvgIpc) is 2.19. The van der Waals surface area contributed by atoms with E-state index < -0.39 is 31.1 Å². The summed E-state index contributed by atoms with van der Waals surface area (Å²) in [6.45, 7) is 0.784. The van der Waals surface area contributed by atoms with Gasteiger partial charge in [-0.05, 0) is 0 Å². The number of hydrogen-bond acceptors (Lipinski definition) is 7. The van der Waals surface area contributed by atoms with Crippen molar-refractivity contribution in [3.8, 4) is 0 Å². The second kappa shape index (κ2) is 6.29. The zero-order valence-electron chi connectivity index (χ0n) is 9.11. The minimum absolute atomic E-state index is 0.0343. The number of ether oxygens (including phenoxy) is 1. The highest BCUT2D eigenvalue weighted by Crippen LogP contribution is 2.17. The number of carbonyl (C=O) groups excluding carboxylic acids is 1. The fraction of sp³-hybridized carbons (Fsp3) is 0.875. The lowest BCUT2D eigenvalue weighted by Crippen LogP contribution is -2.55.